The summed E-state index contributed by atoms with van der Waals surface area (Å²) in [7, 11) is -3.67. The summed E-state index contributed by atoms with van der Waals surface area (Å²) in [5.41, 5.74) is 1.52. The molecule has 1 amide bonds. The minimum Gasteiger partial charge on any atom is -0.354 e. The molecule has 0 atom stereocenters. The Hall–Kier alpha value is -1.41. The maximum Gasteiger partial charge on any atom is 0.240 e. The van der Waals surface area contributed by atoms with Crippen LogP contribution in [0.15, 0.2) is 48.5 Å². The van der Waals surface area contributed by atoms with E-state index in [1.807, 2.05) is 18.2 Å². The van der Waals surface area contributed by atoms with Crippen molar-refractivity contribution in [1.82, 2.24) is 5.32 Å². The van der Waals surface area contributed by atoms with Crippen molar-refractivity contribution >= 4 is 56.6 Å². The molecular formula is C19H22Cl2N2O3S2. The molecule has 0 spiro atoms. The number of benzene rings is 2. The summed E-state index contributed by atoms with van der Waals surface area (Å²) in [6.45, 7) is 0.154. The number of halogens is 2. The fourth-order valence-corrected chi connectivity index (χ4v) is 4.71. The summed E-state index contributed by atoms with van der Waals surface area (Å²) in [4.78, 5) is 12.2. The Labute approximate surface area is 180 Å². The van der Waals surface area contributed by atoms with Gasteiger partial charge in [-0.05, 0) is 35.9 Å². The molecule has 0 bridgehead atoms. The smallest absolute Gasteiger partial charge is 0.240 e. The molecule has 0 aliphatic carbocycles. The first-order chi connectivity index (χ1) is 13.3. The fraction of sp³-hybridized carbons (Fsp3) is 0.316. The molecule has 0 radical (unpaired) electrons. The second kappa shape index (κ2) is 11.0. The molecule has 2 rings (SSSR count). The molecule has 9 heteroatoms. The monoisotopic (exact) mass is 460 g/mol. The molecule has 0 heterocycles. The molecule has 1 N–H and O–H groups in total. The molecule has 0 saturated carbocycles. The number of carbonyl (C=O) groups excluding carboxylic acids is 1. The van der Waals surface area contributed by atoms with Crippen molar-refractivity contribution in [3.05, 3.63) is 64.1 Å². The third-order valence-corrected chi connectivity index (χ3v) is 6.41. The average molecular weight is 461 g/mol. The van der Waals surface area contributed by atoms with Gasteiger partial charge in [0.25, 0.3) is 0 Å². The zero-order valence-electron chi connectivity index (χ0n) is 15.4. The lowest BCUT2D eigenvalue weighted by Crippen LogP contribution is -2.40. The maximum absolute atomic E-state index is 12.2. The first kappa shape index (κ1) is 22.9. The van der Waals surface area contributed by atoms with Crippen molar-refractivity contribution in [2.24, 2.45) is 0 Å². The third-order valence-electron chi connectivity index (χ3n) is 3.72. The van der Waals surface area contributed by atoms with Crippen LogP contribution in [-0.4, -0.2) is 39.4 Å². The Morgan fingerprint density at radius 2 is 1.75 bits per heavy atom. The highest BCUT2D eigenvalue weighted by atomic mass is 35.5. The average Bonchev–Trinajstić information content (AvgIpc) is 2.61. The number of hydrogen-bond acceptors (Lipinski definition) is 4. The number of anilines is 1. The van der Waals surface area contributed by atoms with E-state index < -0.39 is 10.0 Å². The second-order valence-electron chi connectivity index (χ2n) is 6.14. The van der Waals surface area contributed by atoms with Gasteiger partial charge in [-0.3, -0.25) is 9.10 Å². The minimum atomic E-state index is -3.67. The van der Waals surface area contributed by atoms with Crippen molar-refractivity contribution < 1.29 is 13.2 Å². The van der Waals surface area contributed by atoms with Gasteiger partial charge in [-0.2, -0.15) is 11.8 Å². The molecule has 0 fully saturated rings. The summed E-state index contributed by atoms with van der Waals surface area (Å²) < 4.78 is 25.2. The van der Waals surface area contributed by atoms with E-state index in [2.05, 4.69) is 17.4 Å². The highest BCUT2D eigenvalue weighted by molar-refractivity contribution is 7.98. The fourth-order valence-electron chi connectivity index (χ4n) is 2.44. The lowest BCUT2D eigenvalue weighted by molar-refractivity contribution is -0.119. The number of sulfonamides is 1. The van der Waals surface area contributed by atoms with Crippen LogP contribution in [0.1, 0.15) is 12.0 Å². The van der Waals surface area contributed by atoms with E-state index in [1.165, 1.54) is 23.8 Å². The number of amides is 1. The molecule has 5 nitrogen and oxygen atoms in total. The van der Waals surface area contributed by atoms with Gasteiger partial charge in [0.2, 0.25) is 15.9 Å². The van der Waals surface area contributed by atoms with Crippen LogP contribution in [0.4, 0.5) is 5.69 Å². The van der Waals surface area contributed by atoms with Crippen molar-refractivity contribution in [2.75, 3.05) is 29.4 Å². The van der Waals surface area contributed by atoms with Crippen molar-refractivity contribution in [2.45, 2.75) is 12.2 Å². The largest absolute Gasteiger partial charge is 0.354 e. The van der Waals surface area contributed by atoms with Crippen molar-refractivity contribution in [3.63, 3.8) is 0 Å². The summed E-state index contributed by atoms with van der Waals surface area (Å²) in [6.07, 6.45) is 1.83. The van der Waals surface area contributed by atoms with Crippen LogP contribution in [0.25, 0.3) is 0 Å². The van der Waals surface area contributed by atoms with Gasteiger partial charge in [-0.1, -0.05) is 53.5 Å². The van der Waals surface area contributed by atoms with Gasteiger partial charge < -0.3 is 5.32 Å². The molecule has 0 unspecified atom stereocenters. The highest BCUT2D eigenvalue weighted by Crippen LogP contribution is 2.26. The van der Waals surface area contributed by atoms with Crippen LogP contribution in [0.5, 0.6) is 0 Å². The number of hydrogen-bond donors (Lipinski definition) is 1. The van der Waals surface area contributed by atoms with Crippen LogP contribution in [0.2, 0.25) is 10.0 Å². The van der Waals surface area contributed by atoms with E-state index >= 15 is 0 Å². The molecule has 0 aliphatic heterocycles. The van der Waals surface area contributed by atoms with Gasteiger partial charge in [0.15, 0.2) is 0 Å². The normalized spacial score (nSPS) is 11.2. The molecule has 0 saturated heterocycles. The van der Waals surface area contributed by atoms with E-state index in [1.54, 1.807) is 11.8 Å². The van der Waals surface area contributed by atoms with Gasteiger partial charge in [-0.15, -0.1) is 0 Å². The summed E-state index contributed by atoms with van der Waals surface area (Å²) >= 11 is 13.7. The lowest BCUT2D eigenvalue weighted by Gasteiger charge is -2.22. The Balaban J connectivity index is 1.80. The molecule has 152 valence electrons. The Kier molecular flexibility index (Phi) is 8.95. The van der Waals surface area contributed by atoms with Gasteiger partial charge in [0.05, 0.1) is 11.9 Å². The summed E-state index contributed by atoms with van der Waals surface area (Å²) in [6, 6.07) is 14.6. The zero-order chi connectivity index (χ0) is 20.6. The van der Waals surface area contributed by atoms with Crippen LogP contribution >= 0.6 is 35.0 Å². The molecule has 2 aromatic rings. The summed E-state index contributed by atoms with van der Waals surface area (Å²) in [5, 5.41) is 3.35. The van der Waals surface area contributed by atoms with Crippen LogP contribution in [0.3, 0.4) is 0 Å². The Morgan fingerprint density at radius 1 is 1.11 bits per heavy atom. The maximum atomic E-state index is 12.2. The zero-order valence-corrected chi connectivity index (χ0v) is 18.5. The molecule has 28 heavy (non-hydrogen) atoms. The number of nitrogens with zero attached hydrogens (tertiary/aromatic N) is 1. The topological polar surface area (TPSA) is 66.5 Å². The Morgan fingerprint density at radius 3 is 2.36 bits per heavy atom. The molecule has 2 aromatic carbocycles. The van der Waals surface area contributed by atoms with Crippen LogP contribution in [0, 0.1) is 0 Å². The van der Waals surface area contributed by atoms with E-state index in [0.717, 1.165) is 28.5 Å². The van der Waals surface area contributed by atoms with Crippen molar-refractivity contribution in [3.8, 4) is 0 Å². The van der Waals surface area contributed by atoms with Gasteiger partial charge in [0, 0.05) is 22.3 Å². The number of nitrogens with one attached hydrogen (secondary N) is 1. The lowest BCUT2D eigenvalue weighted by atomic mass is 10.2. The predicted molar refractivity (Wildman–Crippen MR) is 119 cm³/mol. The Bertz CT molecular complexity index is 873. The van der Waals surface area contributed by atoms with Gasteiger partial charge in [0.1, 0.15) is 6.54 Å². The van der Waals surface area contributed by atoms with Crippen LogP contribution < -0.4 is 9.62 Å². The first-order valence-corrected chi connectivity index (χ1v) is 12.3. The SMILES string of the molecule is CS(=O)(=O)N(CC(=O)NCCCSCc1ccccc1)c1cc(Cl)cc(Cl)c1. The first-order valence-electron chi connectivity index (χ1n) is 8.58. The molecule has 0 aromatic heterocycles. The molecular weight excluding hydrogens is 439 g/mol. The quantitative estimate of drug-likeness (QED) is 0.539. The number of carbonyl (C=O) groups is 1. The van der Waals surface area contributed by atoms with Crippen molar-refractivity contribution in [1.29, 1.82) is 0 Å². The summed E-state index contributed by atoms with van der Waals surface area (Å²) in [5.74, 6) is 1.44. The predicted octanol–water partition coefficient (Wildman–Crippen LogP) is 4.20. The number of thioether (sulfide) groups is 1. The van der Waals surface area contributed by atoms with E-state index in [0.29, 0.717) is 16.6 Å². The second-order valence-corrected chi connectivity index (χ2v) is 10.0. The highest BCUT2D eigenvalue weighted by Gasteiger charge is 2.21. The van der Waals surface area contributed by atoms with Crippen LogP contribution in [-0.2, 0) is 20.6 Å². The third kappa shape index (κ3) is 7.91. The van der Waals surface area contributed by atoms with E-state index in [9.17, 15) is 13.2 Å². The standard InChI is InChI=1S/C19H22Cl2N2O3S2/c1-28(25,26)23(18-11-16(20)10-17(21)12-18)13-19(24)22-8-5-9-27-14-15-6-3-2-4-7-15/h2-4,6-7,10-12H,5,8-9,13-14H2,1H3,(H,22,24). The van der Waals surface area contributed by atoms with Gasteiger partial charge in [-0.25, -0.2) is 8.42 Å². The van der Waals surface area contributed by atoms with E-state index in [-0.39, 0.29) is 18.1 Å². The minimum absolute atomic E-state index is 0.258. The van der Waals surface area contributed by atoms with Gasteiger partial charge >= 0.3 is 0 Å². The van der Waals surface area contributed by atoms with E-state index in [4.69, 9.17) is 23.2 Å². The number of rotatable bonds is 10. The molecule has 0 aliphatic rings.